The highest BCUT2D eigenvalue weighted by Crippen LogP contribution is 2.36. The first-order chi connectivity index (χ1) is 15.3. The molecular formula is C21H24ClF3N6O2. The minimum Gasteiger partial charge on any atom is -0.390 e. The van der Waals surface area contributed by atoms with Crippen LogP contribution in [0.15, 0.2) is 29.2 Å². The van der Waals surface area contributed by atoms with E-state index in [9.17, 15) is 23.1 Å². The zero-order valence-electron chi connectivity index (χ0n) is 18.3. The van der Waals surface area contributed by atoms with Gasteiger partial charge in [-0.1, -0.05) is 11.6 Å². The summed E-state index contributed by atoms with van der Waals surface area (Å²) in [5.74, 6) is -0.989. The number of anilines is 3. The smallest absolute Gasteiger partial charge is 0.390 e. The van der Waals surface area contributed by atoms with Crippen LogP contribution in [0.4, 0.5) is 30.6 Å². The summed E-state index contributed by atoms with van der Waals surface area (Å²) < 4.78 is 41.5. The summed E-state index contributed by atoms with van der Waals surface area (Å²) >= 11 is 6.22. The van der Waals surface area contributed by atoms with Crippen LogP contribution in [0.1, 0.15) is 20.3 Å². The molecule has 0 bridgehead atoms. The topological polar surface area (TPSA) is 88.2 Å². The Hall–Kier alpha value is -2.79. The van der Waals surface area contributed by atoms with Crippen molar-refractivity contribution >= 4 is 40.1 Å². The molecule has 0 saturated carbocycles. The molecule has 178 valence electrons. The molecule has 2 aromatic heterocycles. The van der Waals surface area contributed by atoms with Crippen molar-refractivity contribution in [1.29, 1.82) is 0 Å². The predicted molar refractivity (Wildman–Crippen MR) is 120 cm³/mol. The first-order valence-electron chi connectivity index (χ1n) is 10.4. The molecule has 3 heterocycles. The van der Waals surface area contributed by atoms with Crippen molar-refractivity contribution in [2.24, 2.45) is 13.0 Å². The molecule has 1 aliphatic heterocycles. The molecule has 12 heteroatoms. The molecule has 0 radical (unpaired) electrons. The molecule has 8 nitrogen and oxygen atoms in total. The molecular weight excluding hydrogens is 461 g/mol. The number of nitrogens with one attached hydrogen (secondary N) is 1. The molecule has 0 amide bonds. The van der Waals surface area contributed by atoms with Crippen LogP contribution in [-0.4, -0.2) is 49.1 Å². The summed E-state index contributed by atoms with van der Waals surface area (Å²) in [5, 5.41) is 13.3. The fourth-order valence-electron chi connectivity index (χ4n) is 3.67. The lowest BCUT2D eigenvalue weighted by molar-refractivity contribution is -0.180. The third-order valence-corrected chi connectivity index (χ3v) is 5.99. The highest BCUT2D eigenvalue weighted by Gasteiger charge is 2.48. The molecule has 33 heavy (non-hydrogen) atoms. The lowest BCUT2D eigenvalue weighted by Crippen LogP contribution is -2.54. The second-order valence-corrected chi connectivity index (χ2v) is 9.30. The van der Waals surface area contributed by atoms with Crippen molar-refractivity contribution in [3.8, 4) is 0 Å². The largest absolute Gasteiger partial charge is 0.395 e. The van der Waals surface area contributed by atoms with E-state index in [-0.39, 0.29) is 35.6 Å². The van der Waals surface area contributed by atoms with Crippen molar-refractivity contribution in [3.63, 3.8) is 0 Å². The molecule has 1 saturated heterocycles. The van der Waals surface area contributed by atoms with E-state index in [1.165, 1.54) is 15.7 Å². The Kier molecular flexibility index (Phi) is 5.81. The van der Waals surface area contributed by atoms with Crippen LogP contribution < -0.4 is 15.9 Å². The molecule has 0 aliphatic carbocycles. The number of aryl methyl sites for hydroxylation is 2. The SMILES string of the molecule is Cn1c(=O)n(CCC(C)(C)O)c2cc(Nc3nc(N4CC(C(F)(F)F)C4)ncc3Cl)ccc21. The Morgan fingerprint density at radius 1 is 1.24 bits per heavy atom. The van der Waals surface area contributed by atoms with E-state index in [2.05, 4.69) is 15.3 Å². The number of aromatic nitrogens is 4. The maximum Gasteiger partial charge on any atom is 0.395 e. The lowest BCUT2D eigenvalue weighted by atomic mass is 10.0. The van der Waals surface area contributed by atoms with E-state index in [1.54, 1.807) is 43.7 Å². The zero-order chi connectivity index (χ0) is 24.1. The Morgan fingerprint density at radius 2 is 1.94 bits per heavy atom. The number of alkyl halides is 3. The average Bonchev–Trinajstić information content (AvgIpc) is 2.90. The van der Waals surface area contributed by atoms with Gasteiger partial charge < -0.3 is 15.3 Å². The molecule has 0 spiro atoms. The van der Waals surface area contributed by atoms with Gasteiger partial charge in [0.15, 0.2) is 5.82 Å². The number of hydrogen-bond donors (Lipinski definition) is 2. The number of aliphatic hydroxyl groups is 1. The van der Waals surface area contributed by atoms with Gasteiger partial charge in [0.05, 0.1) is 28.7 Å². The molecule has 1 aromatic carbocycles. The van der Waals surface area contributed by atoms with E-state index in [0.717, 1.165) is 5.52 Å². The van der Waals surface area contributed by atoms with Gasteiger partial charge in [-0.25, -0.2) is 9.78 Å². The van der Waals surface area contributed by atoms with Crippen molar-refractivity contribution in [2.75, 3.05) is 23.3 Å². The molecule has 0 atom stereocenters. The van der Waals surface area contributed by atoms with Crippen molar-refractivity contribution in [3.05, 3.63) is 39.9 Å². The minimum absolute atomic E-state index is 0.158. The van der Waals surface area contributed by atoms with E-state index < -0.39 is 17.7 Å². The number of halogens is 4. The maximum absolute atomic E-state index is 12.8. The number of nitrogens with zero attached hydrogens (tertiary/aromatic N) is 5. The van der Waals surface area contributed by atoms with Gasteiger partial charge in [-0.05, 0) is 38.5 Å². The van der Waals surface area contributed by atoms with Gasteiger partial charge in [0.2, 0.25) is 5.95 Å². The summed E-state index contributed by atoms with van der Waals surface area (Å²) in [6.07, 6.45) is -2.51. The Bertz CT molecular complexity index is 1240. The fraction of sp³-hybridized carbons (Fsp3) is 0.476. The van der Waals surface area contributed by atoms with Crippen molar-refractivity contribution < 1.29 is 18.3 Å². The summed E-state index contributed by atoms with van der Waals surface area (Å²) in [4.78, 5) is 22.5. The van der Waals surface area contributed by atoms with E-state index in [1.807, 2.05) is 0 Å². The summed E-state index contributed by atoms with van der Waals surface area (Å²) in [6.45, 7) is 3.29. The number of benzene rings is 1. The average molecular weight is 485 g/mol. The third kappa shape index (κ3) is 4.79. The molecule has 0 unspecified atom stereocenters. The van der Waals surface area contributed by atoms with Gasteiger partial charge in [0.1, 0.15) is 5.02 Å². The van der Waals surface area contributed by atoms with Crippen LogP contribution in [0.2, 0.25) is 5.02 Å². The Balaban J connectivity index is 1.60. The standard InChI is InChI=1S/C21H24ClF3N6O2/c1-20(2,33)6-7-31-16-8-13(4-5-15(16)29(3)19(31)32)27-17-14(22)9-26-18(28-17)30-10-12(11-30)21(23,24)25/h4-5,8-9,12,33H,6-7,10-11H2,1-3H3,(H,26,27,28). The van der Waals surface area contributed by atoms with Crippen molar-refractivity contribution in [1.82, 2.24) is 19.1 Å². The van der Waals surface area contributed by atoms with Crippen LogP contribution in [-0.2, 0) is 13.6 Å². The van der Waals surface area contributed by atoms with Crippen LogP contribution in [0.3, 0.4) is 0 Å². The second-order valence-electron chi connectivity index (χ2n) is 8.89. The highest BCUT2D eigenvalue weighted by atomic mass is 35.5. The summed E-state index contributed by atoms with van der Waals surface area (Å²) in [6, 6.07) is 5.30. The lowest BCUT2D eigenvalue weighted by Gasteiger charge is -2.40. The van der Waals surface area contributed by atoms with Crippen molar-refractivity contribution in [2.45, 2.75) is 38.6 Å². The Morgan fingerprint density at radius 3 is 2.58 bits per heavy atom. The first-order valence-corrected chi connectivity index (χ1v) is 10.7. The van der Waals surface area contributed by atoms with E-state index >= 15 is 0 Å². The van der Waals surface area contributed by atoms with Gasteiger partial charge in [0.25, 0.3) is 0 Å². The fourth-order valence-corrected chi connectivity index (χ4v) is 3.81. The normalized spacial score (nSPS) is 15.2. The van der Waals surface area contributed by atoms with Gasteiger partial charge in [-0.3, -0.25) is 9.13 Å². The minimum atomic E-state index is -4.24. The van der Waals surface area contributed by atoms with Crippen LogP contribution in [0.5, 0.6) is 0 Å². The third-order valence-electron chi connectivity index (χ3n) is 5.71. The number of rotatable bonds is 6. The quantitative estimate of drug-likeness (QED) is 0.555. The predicted octanol–water partition coefficient (Wildman–Crippen LogP) is 3.69. The van der Waals surface area contributed by atoms with E-state index in [0.29, 0.717) is 24.2 Å². The number of fused-ring (bicyclic) bond motifs is 1. The van der Waals surface area contributed by atoms with Crippen LogP contribution >= 0.6 is 11.6 Å². The molecule has 3 aromatic rings. The molecule has 1 fully saturated rings. The Labute approximate surface area is 192 Å². The zero-order valence-corrected chi connectivity index (χ0v) is 19.1. The van der Waals surface area contributed by atoms with Gasteiger partial charge in [-0.15, -0.1) is 0 Å². The number of hydrogen-bond acceptors (Lipinski definition) is 6. The van der Waals surface area contributed by atoms with Gasteiger partial charge >= 0.3 is 11.9 Å². The van der Waals surface area contributed by atoms with Gasteiger partial charge in [-0.2, -0.15) is 18.2 Å². The van der Waals surface area contributed by atoms with E-state index in [4.69, 9.17) is 11.6 Å². The second kappa shape index (κ2) is 8.21. The van der Waals surface area contributed by atoms with Gasteiger partial charge in [0, 0.05) is 32.4 Å². The van der Waals surface area contributed by atoms with Crippen LogP contribution in [0.25, 0.3) is 11.0 Å². The molecule has 1 aliphatic rings. The summed E-state index contributed by atoms with van der Waals surface area (Å²) in [5.41, 5.74) is 0.844. The van der Waals surface area contributed by atoms with Crippen LogP contribution in [0, 0.1) is 5.92 Å². The highest BCUT2D eigenvalue weighted by molar-refractivity contribution is 6.32. The number of imidazole rings is 1. The monoisotopic (exact) mass is 484 g/mol. The molecule has 4 rings (SSSR count). The molecule has 2 N–H and O–H groups in total. The summed E-state index contributed by atoms with van der Waals surface area (Å²) in [7, 11) is 1.67. The maximum atomic E-state index is 12.8. The first kappa shape index (κ1) is 23.4.